The normalized spacial score (nSPS) is 11.2. The largest absolute Gasteiger partial charge is 0.470 e. The first-order chi connectivity index (χ1) is 22.8. The van der Waals surface area contributed by atoms with Crippen LogP contribution in [0.2, 0.25) is 0 Å². The van der Waals surface area contributed by atoms with Crippen molar-refractivity contribution in [2.75, 3.05) is 11.6 Å². The Morgan fingerprint density at radius 2 is 1.26 bits per heavy atom. The summed E-state index contributed by atoms with van der Waals surface area (Å²) in [5.41, 5.74) is 8.49. The van der Waals surface area contributed by atoms with E-state index in [1.807, 2.05) is 24.3 Å². The number of fused-ring (bicyclic) bond motifs is 4. The molecule has 7 aromatic carbocycles. The molecule has 1 aromatic heterocycles. The third-order valence-electron chi connectivity index (χ3n) is 8.63. The van der Waals surface area contributed by atoms with Gasteiger partial charge in [-0.1, -0.05) is 121 Å². The summed E-state index contributed by atoms with van der Waals surface area (Å²) in [5.74, 6) is 0.690. The van der Waals surface area contributed by atoms with E-state index in [0.717, 1.165) is 50.2 Å². The number of aliphatic imine (C=N–C) groups is 1. The first kappa shape index (κ1) is 27.4. The van der Waals surface area contributed by atoms with Crippen LogP contribution in [0.5, 0.6) is 5.75 Å². The molecule has 0 spiro atoms. The fourth-order valence-corrected chi connectivity index (χ4v) is 6.48. The van der Waals surface area contributed by atoms with E-state index in [4.69, 9.17) is 4.74 Å². The molecule has 0 saturated heterocycles. The lowest BCUT2D eigenvalue weighted by atomic mass is 10.0. The molecule has 0 fully saturated rings. The maximum Gasteiger partial charge on any atom is 0.165 e. The van der Waals surface area contributed by atoms with E-state index in [1.165, 1.54) is 16.3 Å². The predicted octanol–water partition coefficient (Wildman–Crippen LogP) is 11.1. The fraction of sp³-hybridized carbons (Fsp3) is 0.0238. The van der Waals surface area contributed by atoms with Crippen molar-refractivity contribution in [2.45, 2.75) is 0 Å². The molecule has 0 unspecified atom stereocenters. The number of hydrogen-bond acceptors (Lipinski definition) is 3. The molecule has 4 nitrogen and oxygen atoms in total. The van der Waals surface area contributed by atoms with Gasteiger partial charge in [0.2, 0.25) is 0 Å². The van der Waals surface area contributed by atoms with Crippen LogP contribution >= 0.6 is 0 Å². The van der Waals surface area contributed by atoms with E-state index in [1.54, 1.807) is 0 Å². The van der Waals surface area contributed by atoms with E-state index >= 15 is 0 Å². The number of anilines is 2. The zero-order valence-electron chi connectivity index (χ0n) is 25.3. The van der Waals surface area contributed by atoms with Gasteiger partial charge in [0, 0.05) is 33.1 Å². The smallest absolute Gasteiger partial charge is 0.165 e. The van der Waals surface area contributed by atoms with Crippen LogP contribution in [0.4, 0.5) is 17.1 Å². The Hall–Kier alpha value is -6.13. The molecule has 0 aliphatic heterocycles. The molecule has 220 valence electrons. The van der Waals surface area contributed by atoms with Crippen molar-refractivity contribution in [3.8, 4) is 22.6 Å². The molecule has 46 heavy (non-hydrogen) atoms. The van der Waals surface area contributed by atoms with E-state index in [2.05, 4.69) is 161 Å². The molecular formula is C42H31N3O. The van der Waals surface area contributed by atoms with Gasteiger partial charge >= 0.3 is 0 Å². The molecular weight excluding hydrogens is 562 g/mol. The van der Waals surface area contributed by atoms with Crippen LogP contribution in [0, 0.1) is 0 Å². The van der Waals surface area contributed by atoms with Crippen LogP contribution in [-0.2, 0) is 0 Å². The fourth-order valence-electron chi connectivity index (χ4n) is 6.48. The first-order valence-corrected chi connectivity index (χ1v) is 15.4. The zero-order valence-corrected chi connectivity index (χ0v) is 25.3. The molecule has 0 amide bonds. The number of aromatic nitrogens is 1. The number of para-hydroxylation sites is 3. The molecule has 0 aliphatic carbocycles. The Morgan fingerprint density at radius 3 is 2.09 bits per heavy atom. The van der Waals surface area contributed by atoms with E-state index < -0.39 is 0 Å². The highest BCUT2D eigenvalue weighted by Gasteiger charge is 2.19. The number of nitrogens with zero attached hydrogens (tertiary/aromatic N) is 3. The average molecular weight is 594 g/mol. The average Bonchev–Trinajstić information content (AvgIpc) is 3.46. The summed E-state index contributed by atoms with van der Waals surface area (Å²) in [6.07, 6.45) is 0. The zero-order chi connectivity index (χ0) is 30.9. The van der Waals surface area contributed by atoms with Gasteiger partial charge < -0.3 is 14.2 Å². The van der Waals surface area contributed by atoms with Crippen LogP contribution in [0.15, 0.2) is 169 Å². The number of rotatable bonds is 8. The summed E-state index contributed by atoms with van der Waals surface area (Å²) in [4.78, 5) is 6.65. The Labute approximate surface area is 268 Å². The molecule has 0 aliphatic rings. The Balaban J connectivity index is 1.31. The van der Waals surface area contributed by atoms with Gasteiger partial charge in [-0.2, -0.15) is 0 Å². The summed E-state index contributed by atoms with van der Waals surface area (Å²) < 4.78 is 9.02. The summed E-state index contributed by atoms with van der Waals surface area (Å²) in [5, 5.41) is 4.54. The number of ether oxygens (including phenoxy) is 1. The molecule has 0 bridgehead atoms. The van der Waals surface area contributed by atoms with Crippen molar-refractivity contribution in [2.24, 2.45) is 4.99 Å². The van der Waals surface area contributed by atoms with Crippen molar-refractivity contribution >= 4 is 56.4 Å². The van der Waals surface area contributed by atoms with Crippen molar-refractivity contribution in [3.05, 3.63) is 164 Å². The summed E-state index contributed by atoms with van der Waals surface area (Å²) in [6, 6.07) is 57.1. The Bertz CT molecular complexity index is 2340. The Morgan fingerprint density at radius 1 is 0.587 bits per heavy atom. The lowest BCUT2D eigenvalue weighted by Gasteiger charge is -2.28. The molecule has 0 atom stereocenters. The molecule has 0 saturated carbocycles. The minimum Gasteiger partial charge on any atom is -0.470 e. The van der Waals surface area contributed by atoms with E-state index in [0.29, 0.717) is 5.75 Å². The van der Waals surface area contributed by atoms with Gasteiger partial charge in [0.25, 0.3) is 0 Å². The van der Waals surface area contributed by atoms with Crippen molar-refractivity contribution < 1.29 is 4.74 Å². The summed E-state index contributed by atoms with van der Waals surface area (Å²) >= 11 is 0. The Kier molecular flexibility index (Phi) is 7.01. The van der Waals surface area contributed by atoms with Crippen LogP contribution in [0.1, 0.15) is 0 Å². The molecule has 8 rings (SSSR count). The second kappa shape index (κ2) is 11.8. The highest BCUT2D eigenvalue weighted by Crippen LogP contribution is 2.41. The standard InChI is InChI=1S/C42H31N3O/c1-43-42-35-20-9-8-16-31(35)24-27-41(42)46-29-44(38-22-12-10-19-34(38)30-14-4-2-5-15-30)33-25-26-37-36-21-11-13-23-39(36)45(40(37)28-33)32-17-6-3-7-18-32/h2-28H,1,29H2. The van der Waals surface area contributed by atoms with Gasteiger partial charge in [0.1, 0.15) is 11.4 Å². The third kappa shape index (κ3) is 4.77. The highest BCUT2D eigenvalue weighted by atomic mass is 16.5. The van der Waals surface area contributed by atoms with Gasteiger partial charge in [0.05, 0.1) is 16.7 Å². The number of hydrogen-bond donors (Lipinski definition) is 0. The van der Waals surface area contributed by atoms with Crippen molar-refractivity contribution in [3.63, 3.8) is 0 Å². The predicted molar refractivity (Wildman–Crippen MR) is 193 cm³/mol. The first-order valence-electron chi connectivity index (χ1n) is 15.4. The monoisotopic (exact) mass is 593 g/mol. The summed E-state index contributed by atoms with van der Waals surface area (Å²) in [6.45, 7) is 4.15. The molecule has 4 heteroatoms. The van der Waals surface area contributed by atoms with Gasteiger partial charge in [-0.25, -0.2) is 0 Å². The molecule has 0 radical (unpaired) electrons. The van der Waals surface area contributed by atoms with Crippen LogP contribution < -0.4 is 9.64 Å². The van der Waals surface area contributed by atoms with Gasteiger partial charge in [-0.15, -0.1) is 0 Å². The minimum atomic E-state index is 0.266. The molecule has 0 N–H and O–H groups in total. The lowest BCUT2D eigenvalue weighted by Crippen LogP contribution is -2.23. The lowest BCUT2D eigenvalue weighted by molar-refractivity contribution is 0.328. The number of benzene rings is 7. The SMILES string of the molecule is C=Nc1c(OCN(c2ccc3c4ccccc4n(-c4ccccc4)c3c2)c2ccccc2-c2ccccc2)ccc2ccccc12. The van der Waals surface area contributed by atoms with E-state index in [9.17, 15) is 0 Å². The van der Waals surface area contributed by atoms with Crippen LogP contribution in [0.3, 0.4) is 0 Å². The second-order valence-corrected chi connectivity index (χ2v) is 11.3. The summed E-state index contributed by atoms with van der Waals surface area (Å²) in [7, 11) is 0. The third-order valence-corrected chi connectivity index (χ3v) is 8.63. The van der Waals surface area contributed by atoms with Crippen LogP contribution in [-0.4, -0.2) is 18.0 Å². The highest BCUT2D eigenvalue weighted by molar-refractivity contribution is 6.10. The van der Waals surface area contributed by atoms with E-state index in [-0.39, 0.29) is 6.73 Å². The van der Waals surface area contributed by atoms with Gasteiger partial charge in [-0.3, -0.25) is 4.99 Å². The van der Waals surface area contributed by atoms with Crippen molar-refractivity contribution in [1.29, 1.82) is 0 Å². The second-order valence-electron chi connectivity index (χ2n) is 11.3. The van der Waals surface area contributed by atoms with Gasteiger partial charge in [-0.05, 0) is 60.1 Å². The molecule has 1 heterocycles. The topological polar surface area (TPSA) is 29.8 Å². The minimum absolute atomic E-state index is 0.266. The quantitative estimate of drug-likeness (QED) is 0.130. The van der Waals surface area contributed by atoms with Crippen molar-refractivity contribution in [1.82, 2.24) is 4.57 Å². The van der Waals surface area contributed by atoms with Gasteiger partial charge in [0.15, 0.2) is 6.73 Å². The maximum absolute atomic E-state index is 6.67. The maximum atomic E-state index is 6.67. The van der Waals surface area contributed by atoms with Crippen LogP contribution in [0.25, 0.3) is 49.4 Å². The molecule has 8 aromatic rings.